The largest absolute Gasteiger partial charge is 0.492 e. The highest BCUT2D eigenvalue weighted by Gasteiger charge is 2.44. The third-order valence-corrected chi connectivity index (χ3v) is 8.94. The number of carbonyl (C=O) groups is 1. The van der Waals surface area contributed by atoms with Crippen molar-refractivity contribution in [3.8, 4) is 16.9 Å². The Balaban J connectivity index is 1.09. The van der Waals surface area contributed by atoms with Gasteiger partial charge in [-0.15, -0.1) is 0 Å². The summed E-state index contributed by atoms with van der Waals surface area (Å²) >= 11 is 0. The molecule has 4 aliphatic heterocycles. The Morgan fingerprint density at radius 2 is 1.69 bits per heavy atom. The van der Waals surface area contributed by atoms with Gasteiger partial charge < -0.3 is 19.4 Å². The summed E-state index contributed by atoms with van der Waals surface area (Å²) in [7, 11) is 0. The molecule has 1 spiro atoms. The fraction of sp³-hybridized carbons (Fsp3) is 0.375. The van der Waals surface area contributed by atoms with Crippen LogP contribution >= 0.6 is 0 Å². The number of benzene rings is 3. The molecule has 7 rings (SSSR count). The fourth-order valence-corrected chi connectivity index (χ4v) is 6.46. The molecular formula is C32H34N4O3. The van der Waals surface area contributed by atoms with E-state index in [-0.39, 0.29) is 11.3 Å². The first-order valence-electron chi connectivity index (χ1n) is 14.0. The number of fused-ring (bicyclic) bond motifs is 3. The molecule has 0 radical (unpaired) electrons. The van der Waals surface area contributed by atoms with E-state index in [0.717, 1.165) is 73.8 Å². The minimum absolute atomic E-state index is 0.0610. The predicted octanol–water partition coefficient (Wildman–Crippen LogP) is 5.43. The zero-order valence-electron chi connectivity index (χ0n) is 22.7. The van der Waals surface area contributed by atoms with Crippen molar-refractivity contribution in [2.45, 2.75) is 38.5 Å². The Kier molecular flexibility index (Phi) is 5.85. The minimum Gasteiger partial charge on any atom is -0.492 e. The molecule has 0 aromatic heterocycles. The van der Waals surface area contributed by atoms with Crippen molar-refractivity contribution in [2.24, 2.45) is 4.99 Å². The first-order chi connectivity index (χ1) is 19.0. The molecule has 0 saturated carbocycles. The van der Waals surface area contributed by atoms with Crippen LogP contribution in [0.1, 0.15) is 48.2 Å². The standard InChI is InChI=1S/C32H34N4O3/c1-3-34-16-13-32(14-17-34)20-38-30-18-26-12-15-35(29(26)19-28(30)32)31(37)25-6-4-23(5-7-25)24-8-10-27(11-9-24)36-21-33-22(2)39-36/h4-11,18-19H,3,12-17,20-21H2,1-2H3. The van der Waals surface area contributed by atoms with Crippen LogP contribution < -0.4 is 14.7 Å². The van der Waals surface area contributed by atoms with E-state index >= 15 is 0 Å². The molecular weight excluding hydrogens is 488 g/mol. The Morgan fingerprint density at radius 1 is 0.974 bits per heavy atom. The number of hydrogen-bond donors (Lipinski definition) is 0. The zero-order chi connectivity index (χ0) is 26.6. The molecule has 39 heavy (non-hydrogen) atoms. The third-order valence-electron chi connectivity index (χ3n) is 8.94. The monoisotopic (exact) mass is 522 g/mol. The smallest absolute Gasteiger partial charge is 0.258 e. The highest BCUT2D eigenvalue weighted by Crippen LogP contribution is 2.49. The van der Waals surface area contributed by atoms with Crippen molar-refractivity contribution >= 4 is 23.2 Å². The van der Waals surface area contributed by atoms with E-state index < -0.39 is 0 Å². The number of carbonyl (C=O) groups excluding carboxylic acids is 1. The first kappa shape index (κ1) is 24.2. The molecule has 0 N–H and O–H groups in total. The van der Waals surface area contributed by atoms with E-state index in [1.807, 2.05) is 48.2 Å². The fourth-order valence-electron chi connectivity index (χ4n) is 6.46. The van der Waals surface area contributed by atoms with Gasteiger partial charge in [0.15, 0.2) is 0 Å². The van der Waals surface area contributed by atoms with Gasteiger partial charge in [0.25, 0.3) is 5.91 Å². The van der Waals surface area contributed by atoms with E-state index in [9.17, 15) is 4.79 Å². The molecule has 1 fully saturated rings. The summed E-state index contributed by atoms with van der Waals surface area (Å²) in [6.07, 6.45) is 3.09. The maximum atomic E-state index is 13.7. The van der Waals surface area contributed by atoms with E-state index in [4.69, 9.17) is 9.57 Å². The maximum Gasteiger partial charge on any atom is 0.258 e. The summed E-state index contributed by atoms with van der Waals surface area (Å²) in [6, 6.07) is 20.6. The lowest BCUT2D eigenvalue weighted by atomic mass is 9.74. The second-order valence-electron chi connectivity index (χ2n) is 11.1. The maximum absolute atomic E-state index is 13.7. The van der Waals surface area contributed by atoms with Crippen LogP contribution in [0.4, 0.5) is 11.4 Å². The Bertz CT molecular complexity index is 1440. The number of anilines is 2. The van der Waals surface area contributed by atoms with Crippen molar-refractivity contribution in [1.82, 2.24) is 4.90 Å². The number of rotatable bonds is 4. The van der Waals surface area contributed by atoms with Gasteiger partial charge in [-0.1, -0.05) is 31.2 Å². The van der Waals surface area contributed by atoms with Crippen molar-refractivity contribution in [2.75, 3.05) is 49.4 Å². The first-order valence-corrected chi connectivity index (χ1v) is 14.0. The molecule has 0 unspecified atom stereocenters. The lowest BCUT2D eigenvalue weighted by molar-refractivity contribution is 0.0989. The highest BCUT2D eigenvalue weighted by molar-refractivity contribution is 6.07. The van der Waals surface area contributed by atoms with Gasteiger partial charge in [-0.05, 0) is 92.0 Å². The average molecular weight is 523 g/mol. The lowest BCUT2D eigenvalue weighted by Crippen LogP contribution is -2.43. The molecule has 1 saturated heterocycles. The molecule has 1 amide bonds. The Morgan fingerprint density at radius 3 is 2.36 bits per heavy atom. The molecule has 3 aromatic carbocycles. The van der Waals surface area contributed by atoms with Crippen LogP contribution in [0, 0.1) is 0 Å². The third kappa shape index (κ3) is 4.16. The number of likely N-dealkylation sites (tertiary alicyclic amines) is 1. The molecule has 7 nitrogen and oxygen atoms in total. The number of aliphatic imine (C=N–C) groups is 1. The molecule has 0 bridgehead atoms. The Labute approximate surface area is 229 Å². The van der Waals surface area contributed by atoms with Gasteiger partial charge in [0.2, 0.25) is 5.90 Å². The highest BCUT2D eigenvalue weighted by atomic mass is 16.7. The van der Waals surface area contributed by atoms with Crippen molar-refractivity contribution in [3.63, 3.8) is 0 Å². The number of piperidine rings is 1. The number of hydroxylamine groups is 1. The molecule has 200 valence electrons. The van der Waals surface area contributed by atoms with Crippen molar-refractivity contribution in [1.29, 1.82) is 0 Å². The molecule has 0 aliphatic carbocycles. The Hall–Kier alpha value is -3.84. The van der Waals surface area contributed by atoms with Crippen LogP contribution in [-0.4, -0.2) is 56.2 Å². The molecule has 0 atom stereocenters. The van der Waals surface area contributed by atoms with Crippen LogP contribution in [0.2, 0.25) is 0 Å². The van der Waals surface area contributed by atoms with Gasteiger partial charge in [0, 0.05) is 35.7 Å². The predicted molar refractivity (Wildman–Crippen MR) is 154 cm³/mol. The van der Waals surface area contributed by atoms with E-state index in [2.05, 4.69) is 41.1 Å². The molecule has 7 heteroatoms. The molecule has 4 heterocycles. The summed E-state index contributed by atoms with van der Waals surface area (Å²) in [5.41, 5.74) is 7.50. The number of nitrogens with zero attached hydrogens (tertiary/aromatic N) is 4. The summed E-state index contributed by atoms with van der Waals surface area (Å²) in [5.74, 6) is 1.77. The van der Waals surface area contributed by atoms with Crippen LogP contribution in [0.5, 0.6) is 5.75 Å². The van der Waals surface area contributed by atoms with Crippen molar-refractivity contribution < 1.29 is 14.4 Å². The van der Waals surface area contributed by atoms with E-state index in [1.165, 1.54) is 11.1 Å². The summed E-state index contributed by atoms with van der Waals surface area (Å²) in [6.45, 7) is 9.38. The van der Waals surface area contributed by atoms with Crippen LogP contribution in [0.25, 0.3) is 11.1 Å². The number of amides is 1. The quantitative estimate of drug-likeness (QED) is 0.457. The molecule has 4 aliphatic rings. The van der Waals surface area contributed by atoms with Crippen LogP contribution in [-0.2, 0) is 16.7 Å². The summed E-state index contributed by atoms with van der Waals surface area (Å²) in [5, 5.41) is 1.77. The number of hydrogen-bond acceptors (Lipinski definition) is 6. The normalized spacial score (nSPS) is 19.5. The summed E-state index contributed by atoms with van der Waals surface area (Å²) in [4.78, 5) is 28.0. The minimum atomic E-state index is 0.0610. The van der Waals surface area contributed by atoms with Crippen LogP contribution in [0.3, 0.4) is 0 Å². The van der Waals surface area contributed by atoms with Gasteiger partial charge in [-0.2, -0.15) is 5.06 Å². The van der Waals surface area contributed by atoms with E-state index in [1.54, 1.807) is 5.06 Å². The second-order valence-corrected chi connectivity index (χ2v) is 11.1. The van der Waals surface area contributed by atoms with Crippen LogP contribution in [0.15, 0.2) is 65.7 Å². The average Bonchev–Trinajstić information content (AvgIpc) is 3.70. The molecule has 3 aromatic rings. The summed E-state index contributed by atoms with van der Waals surface area (Å²) < 4.78 is 6.23. The van der Waals surface area contributed by atoms with Crippen molar-refractivity contribution in [3.05, 3.63) is 77.4 Å². The van der Waals surface area contributed by atoms with Gasteiger partial charge in [0.1, 0.15) is 12.4 Å². The SMILES string of the molecule is CCN1CCC2(CC1)COc1cc3c(cc12)N(C(=O)c1ccc(-c2ccc(N4CN=C(C)O4)cc2)cc1)CC3. The van der Waals surface area contributed by atoms with Gasteiger partial charge in [-0.25, -0.2) is 4.99 Å². The van der Waals surface area contributed by atoms with Gasteiger partial charge in [-0.3, -0.25) is 4.79 Å². The van der Waals surface area contributed by atoms with Gasteiger partial charge >= 0.3 is 0 Å². The van der Waals surface area contributed by atoms with E-state index in [0.29, 0.717) is 24.7 Å². The lowest BCUT2D eigenvalue weighted by Gasteiger charge is -2.38. The van der Waals surface area contributed by atoms with Gasteiger partial charge in [0.05, 0.1) is 12.3 Å². The second kappa shape index (κ2) is 9.42. The topological polar surface area (TPSA) is 57.6 Å². The number of ether oxygens (including phenoxy) is 1. The zero-order valence-corrected chi connectivity index (χ0v) is 22.7.